The van der Waals surface area contributed by atoms with E-state index in [-0.39, 0.29) is 6.04 Å². The average molecular weight is 294 g/mol. The molecule has 106 valence electrons. The number of nitrogens with zero attached hydrogens (tertiary/aromatic N) is 2. The topological polar surface area (TPSA) is 63.5 Å². The smallest absolute Gasteiger partial charge is 0.359 e. The zero-order valence-corrected chi connectivity index (χ0v) is 12.0. The van der Waals surface area contributed by atoms with Crippen LogP contribution in [0.1, 0.15) is 12.8 Å². The van der Waals surface area contributed by atoms with E-state index in [1.165, 1.54) is 13.3 Å². The Morgan fingerprint density at radius 2 is 2.50 bits per heavy atom. The lowest BCUT2D eigenvalue weighted by molar-refractivity contribution is -0.736. The molecule has 3 rings (SSSR count). The largest absolute Gasteiger partial charge is 0.379 e. The molecule has 1 aliphatic heterocycles. The van der Waals surface area contributed by atoms with Crippen molar-refractivity contribution in [3.05, 3.63) is 22.6 Å². The Kier molecular flexibility index (Phi) is 3.79. The van der Waals surface area contributed by atoms with Crippen LogP contribution >= 0.6 is 11.3 Å². The van der Waals surface area contributed by atoms with Crippen molar-refractivity contribution in [3.8, 4) is 0 Å². The van der Waals surface area contributed by atoms with Crippen LogP contribution in [0.4, 0.5) is 11.4 Å². The van der Waals surface area contributed by atoms with Gasteiger partial charge in [0.1, 0.15) is 11.9 Å². The molecule has 2 aromatic heterocycles. The van der Waals surface area contributed by atoms with E-state index in [4.69, 9.17) is 9.57 Å². The number of ether oxygens (including phenoxy) is 1. The van der Waals surface area contributed by atoms with Gasteiger partial charge in [-0.3, -0.25) is 0 Å². The highest BCUT2D eigenvalue weighted by Crippen LogP contribution is 2.36. The quantitative estimate of drug-likeness (QED) is 0.878. The Morgan fingerprint density at radius 1 is 1.60 bits per heavy atom. The average Bonchev–Trinajstić information content (AvgIpc) is 2.97. The van der Waals surface area contributed by atoms with E-state index in [1.807, 2.05) is 11.4 Å². The van der Waals surface area contributed by atoms with Gasteiger partial charge in [0.2, 0.25) is 0 Å². The minimum Gasteiger partial charge on any atom is -0.379 e. The van der Waals surface area contributed by atoms with E-state index in [2.05, 4.69) is 10.3 Å². The molecule has 0 amide bonds. The Balaban J connectivity index is 2.00. The SMILES string of the molecule is CO[N+](=O)c1cnc2ccsc2c1NC1CCCOC1. The van der Waals surface area contributed by atoms with E-state index in [0.717, 1.165) is 35.4 Å². The Bertz CT molecular complexity index is 622. The lowest BCUT2D eigenvalue weighted by atomic mass is 10.1. The number of hydrogen-bond donors (Lipinski definition) is 1. The van der Waals surface area contributed by atoms with Gasteiger partial charge in [-0.15, -0.1) is 11.3 Å². The monoisotopic (exact) mass is 294 g/mol. The van der Waals surface area contributed by atoms with Crippen molar-refractivity contribution in [2.45, 2.75) is 18.9 Å². The zero-order valence-electron chi connectivity index (χ0n) is 11.2. The summed E-state index contributed by atoms with van der Waals surface area (Å²) in [6.07, 6.45) is 3.59. The molecule has 0 spiro atoms. The molecule has 20 heavy (non-hydrogen) atoms. The third-order valence-corrected chi connectivity index (χ3v) is 4.25. The molecule has 1 saturated heterocycles. The van der Waals surface area contributed by atoms with E-state index in [9.17, 15) is 4.91 Å². The maximum absolute atomic E-state index is 11.8. The standard InChI is InChI=1S/C13H16N3O3S/c1-18-16(17)11-7-14-10-4-6-20-13(10)12(11)15-9-3-2-5-19-8-9/h4,6-7,9H,2-3,5,8H2,1H3,(H,14,15)/q+1. The predicted octanol–water partition coefficient (Wildman–Crippen LogP) is 2.86. The molecule has 6 nitrogen and oxygen atoms in total. The van der Waals surface area contributed by atoms with E-state index < -0.39 is 0 Å². The molecule has 2 aromatic rings. The Labute approximate surface area is 120 Å². The van der Waals surface area contributed by atoms with Crippen LogP contribution in [0.25, 0.3) is 10.2 Å². The molecule has 0 saturated carbocycles. The molecule has 1 aliphatic rings. The third kappa shape index (κ3) is 2.46. The van der Waals surface area contributed by atoms with Crippen LogP contribution in [0.15, 0.2) is 17.6 Å². The molecule has 1 unspecified atom stereocenters. The third-order valence-electron chi connectivity index (χ3n) is 3.32. The van der Waals surface area contributed by atoms with Gasteiger partial charge in [0.25, 0.3) is 4.92 Å². The number of fused-ring (bicyclic) bond motifs is 1. The fourth-order valence-electron chi connectivity index (χ4n) is 2.34. The Hall–Kier alpha value is -1.73. The van der Waals surface area contributed by atoms with Gasteiger partial charge in [0.05, 0.1) is 21.7 Å². The molecule has 1 fully saturated rings. The van der Waals surface area contributed by atoms with Crippen molar-refractivity contribution < 1.29 is 14.5 Å². The first-order valence-electron chi connectivity index (χ1n) is 6.51. The summed E-state index contributed by atoms with van der Waals surface area (Å²) in [5, 5.41) is 5.38. The van der Waals surface area contributed by atoms with Crippen molar-refractivity contribution in [2.24, 2.45) is 0 Å². The van der Waals surface area contributed by atoms with Crippen LogP contribution in [0.3, 0.4) is 0 Å². The summed E-state index contributed by atoms with van der Waals surface area (Å²) < 4.78 is 6.44. The van der Waals surface area contributed by atoms with Gasteiger partial charge in [-0.05, 0) is 24.3 Å². The highest BCUT2D eigenvalue weighted by atomic mass is 32.1. The minimum absolute atomic E-state index is 0.209. The first-order chi connectivity index (χ1) is 9.79. The van der Waals surface area contributed by atoms with Gasteiger partial charge in [-0.25, -0.2) is 9.82 Å². The second-order valence-corrected chi connectivity index (χ2v) is 5.57. The summed E-state index contributed by atoms with van der Waals surface area (Å²) in [7, 11) is 1.35. The van der Waals surface area contributed by atoms with Crippen molar-refractivity contribution in [1.82, 2.24) is 4.98 Å². The number of pyridine rings is 1. The molecule has 1 N–H and O–H groups in total. The predicted molar refractivity (Wildman–Crippen MR) is 77.4 cm³/mol. The van der Waals surface area contributed by atoms with E-state index >= 15 is 0 Å². The minimum atomic E-state index is 0.209. The second kappa shape index (κ2) is 5.72. The van der Waals surface area contributed by atoms with Gasteiger partial charge in [-0.2, -0.15) is 0 Å². The molecule has 7 heteroatoms. The molecule has 3 heterocycles. The second-order valence-electron chi connectivity index (χ2n) is 4.65. The van der Waals surface area contributed by atoms with Gasteiger partial charge >= 0.3 is 5.69 Å². The maximum Gasteiger partial charge on any atom is 0.359 e. The fourth-order valence-corrected chi connectivity index (χ4v) is 3.19. The molecule has 0 aliphatic carbocycles. The van der Waals surface area contributed by atoms with Crippen molar-refractivity contribution in [2.75, 3.05) is 25.6 Å². The first-order valence-corrected chi connectivity index (χ1v) is 7.39. The van der Waals surface area contributed by atoms with Crippen LogP contribution in [0, 0.1) is 4.91 Å². The molecular weight excluding hydrogens is 278 g/mol. The zero-order chi connectivity index (χ0) is 13.9. The number of anilines is 1. The molecule has 1 atom stereocenters. The highest BCUT2D eigenvalue weighted by Gasteiger charge is 2.27. The lowest BCUT2D eigenvalue weighted by Gasteiger charge is -2.23. The van der Waals surface area contributed by atoms with Crippen molar-refractivity contribution >= 4 is 32.9 Å². The number of rotatable bonds is 4. The summed E-state index contributed by atoms with van der Waals surface area (Å²) in [5.74, 6) is 0. The highest BCUT2D eigenvalue weighted by molar-refractivity contribution is 7.17. The molecular formula is C13H16N3O3S+. The summed E-state index contributed by atoms with van der Waals surface area (Å²) in [6, 6.07) is 2.15. The molecule has 0 aromatic carbocycles. The van der Waals surface area contributed by atoms with Gasteiger partial charge in [0.15, 0.2) is 7.11 Å². The fraction of sp³-hybridized carbons (Fsp3) is 0.462. The van der Waals surface area contributed by atoms with E-state index in [0.29, 0.717) is 17.2 Å². The number of thiophene rings is 1. The van der Waals surface area contributed by atoms with Gasteiger partial charge in [-0.1, -0.05) is 0 Å². The first kappa shape index (κ1) is 13.3. The van der Waals surface area contributed by atoms with E-state index in [1.54, 1.807) is 11.3 Å². The number of aromatic nitrogens is 1. The molecule has 0 radical (unpaired) electrons. The lowest BCUT2D eigenvalue weighted by Crippen LogP contribution is -2.30. The summed E-state index contributed by atoms with van der Waals surface area (Å²) >= 11 is 1.56. The Morgan fingerprint density at radius 3 is 3.25 bits per heavy atom. The van der Waals surface area contributed by atoms with Crippen LogP contribution in [-0.4, -0.2) is 36.3 Å². The summed E-state index contributed by atoms with van der Waals surface area (Å²) in [6.45, 7) is 1.46. The van der Waals surface area contributed by atoms with Crippen LogP contribution in [0.5, 0.6) is 0 Å². The van der Waals surface area contributed by atoms with Crippen molar-refractivity contribution in [3.63, 3.8) is 0 Å². The number of nitrogens with one attached hydrogen (secondary N) is 1. The normalized spacial score (nSPS) is 18.9. The summed E-state index contributed by atoms with van der Waals surface area (Å²) in [5.41, 5.74) is 2.05. The maximum atomic E-state index is 11.8. The van der Waals surface area contributed by atoms with Gasteiger partial charge in [0, 0.05) is 12.6 Å². The summed E-state index contributed by atoms with van der Waals surface area (Å²) in [4.78, 5) is 21.4. The molecule has 0 bridgehead atoms. The van der Waals surface area contributed by atoms with Crippen LogP contribution in [-0.2, 0) is 9.57 Å². The van der Waals surface area contributed by atoms with Gasteiger partial charge < -0.3 is 10.1 Å². The van der Waals surface area contributed by atoms with Crippen molar-refractivity contribution in [1.29, 1.82) is 0 Å². The number of hydrogen-bond acceptors (Lipinski definition) is 6. The van der Waals surface area contributed by atoms with Crippen LogP contribution < -0.4 is 5.32 Å². The van der Waals surface area contributed by atoms with Crippen LogP contribution in [0.2, 0.25) is 0 Å².